The lowest BCUT2D eigenvalue weighted by molar-refractivity contribution is 0.0594. The number of aryl methyl sites for hydroxylation is 1. The highest BCUT2D eigenvalue weighted by Gasteiger charge is 2.29. The molecule has 2 aromatic rings. The molecule has 0 aliphatic carbocycles. The van der Waals surface area contributed by atoms with Crippen molar-refractivity contribution in [3.05, 3.63) is 64.2 Å². The maximum Gasteiger partial charge on any atom is 0.356 e. The SMILES string of the molecule is COC(=O)c1cc(C)c(C(SCCCOS(C)(C)C(C)(C)C)c2c(F)ccc(F)c2F)cn1. The lowest BCUT2D eigenvalue weighted by atomic mass is 10.00. The topological polar surface area (TPSA) is 48.4 Å². The molecule has 33 heavy (non-hydrogen) atoms. The fraction of sp³-hybridized carbons (Fsp3) is 0.500. The molecule has 2 rings (SSSR count). The first-order valence-corrected chi connectivity index (χ1v) is 13.9. The standard InChI is InChI=1S/C24H32F3NO3S2/c1-15-13-19(23(29)30-5)28-14-16(15)22(20-17(25)9-10-18(26)21(20)27)32-12-8-11-31-33(6,7)24(2,3)4/h9-10,13-14,22H,8,11-12H2,1-7H3. The minimum atomic E-state index is -1.28. The maximum atomic E-state index is 14.7. The summed E-state index contributed by atoms with van der Waals surface area (Å²) in [4.78, 5) is 15.9. The normalized spacial score (nSPS) is 13.6. The monoisotopic (exact) mass is 503 g/mol. The minimum Gasteiger partial charge on any atom is -0.464 e. The van der Waals surface area contributed by atoms with Gasteiger partial charge in [-0.15, -0.1) is 22.1 Å². The van der Waals surface area contributed by atoms with Crippen molar-refractivity contribution in [2.75, 3.05) is 32.0 Å². The molecule has 1 unspecified atom stereocenters. The van der Waals surface area contributed by atoms with Gasteiger partial charge >= 0.3 is 5.97 Å². The summed E-state index contributed by atoms with van der Waals surface area (Å²) in [5, 5.41) is -0.845. The number of esters is 1. The van der Waals surface area contributed by atoms with Crippen molar-refractivity contribution in [3.8, 4) is 0 Å². The number of hydrogen-bond donors (Lipinski definition) is 0. The third-order valence-electron chi connectivity index (χ3n) is 5.60. The predicted octanol–water partition coefficient (Wildman–Crippen LogP) is 6.60. The average Bonchev–Trinajstić information content (AvgIpc) is 2.73. The molecule has 184 valence electrons. The highest BCUT2D eigenvalue weighted by Crippen LogP contribution is 2.53. The van der Waals surface area contributed by atoms with Gasteiger partial charge in [0.2, 0.25) is 0 Å². The molecule has 0 aliphatic heterocycles. The largest absolute Gasteiger partial charge is 0.464 e. The Kier molecular flexibility index (Phi) is 9.30. The van der Waals surface area contributed by atoms with Gasteiger partial charge in [-0.1, -0.05) is 20.8 Å². The van der Waals surface area contributed by atoms with E-state index in [2.05, 4.69) is 43.0 Å². The minimum absolute atomic E-state index is 0.0284. The van der Waals surface area contributed by atoms with E-state index >= 15 is 0 Å². The van der Waals surface area contributed by atoms with E-state index in [9.17, 15) is 18.0 Å². The number of rotatable bonds is 9. The predicted molar refractivity (Wildman–Crippen MR) is 131 cm³/mol. The lowest BCUT2D eigenvalue weighted by Gasteiger charge is -2.43. The third kappa shape index (κ3) is 6.67. The van der Waals surface area contributed by atoms with E-state index < -0.39 is 39.0 Å². The summed E-state index contributed by atoms with van der Waals surface area (Å²) in [6, 6.07) is 3.19. The van der Waals surface area contributed by atoms with Crippen LogP contribution in [-0.4, -0.2) is 47.7 Å². The molecule has 0 amide bonds. The average molecular weight is 504 g/mol. The van der Waals surface area contributed by atoms with Crippen LogP contribution in [0.5, 0.6) is 0 Å². The summed E-state index contributed by atoms with van der Waals surface area (Å²) >= 11 is 1.28. The quantitative estimate of drug-likeness (QED) is 0.219. The molecule has 0 saturated carbocycles. The van der Waals surface area contributed by atoms with Crippen molar-refractivity contribution in [1.29, 1.82) is 0 Å². The number of thioether (sulfide) groups is 1. The second kappa shape index (κ2) is 11.1. The van der Waals surface area contributed by atoms with Gasteiger partial charge in [-0.2, -0.15) is 0 Å². The summed E-state index contributed by atoms with van der Waals surface area (Å²) < 4.78 is 54.2. The molecule has 1 aromatic heterocycles. The van der Waals surface area contributed by atoms with Gasteiger partial charge in [-0.3, -0.25) is 0 Å². The molecular formula is C24H32F3NO3S2. The smallest absolute Gasteiger partial charge is 0.356 e. The molecule has 0 spiro atoms. The van der Waals surface area contributed by atoms with E-state index in [1.54, 1.807) is 6.92 Å². The van der Waals surface area contributed by atoms with Gasteiger partial charge in [0, 0.05) is 16.5 Å². The Bertz CT molecular complexity index is 994. The van der Waals surface area contributed by atoms with E-state index in [1.807, 2.05) is 0 Å². The lowest BCUT2D eigenvalue weighted by Crippen LogP contribution is -2.25. The van der Waals surface area contributed by atoms with E-state index in [4.69, 9.17) is 4.18 Å². The van der Waals surface area contributed by atoms with Gasteiger partial charge < -0.3 is 8.92 Å². The first kappa shape index (κ1) is 27.5. The Labute approximate surface area is 200 Å². The zero-order valence-electron chi connectivity index (χ0n) is 20.1. The van der Waals surface area contributed by atoms with E-state index in [0.717, 1.165) is 12.1 Å². The van der Waals surface area contributed by atoms with Crippen LogP contribution >= 0.6 is 22.1 Å². The number of methoxy groups -OCH3 is 1. The molecule has 9 heteroatoms. The van der Waals surface area contributed by atoms with Crippen LogP contribution in [0, 0.1) is 24.4 Å². The molecule has 0 fully saturated rings. The van der Waals surface area contributed by atoms with Gasteiger partial charge in [-0.05, 0) is 60.9 Å². The Morgan fingerprint density at radius 1 is 1.18 bits per heavy atom. The van der Waals surface area contributed by atoms with Gasteiger partial charge in [0.1, 0.15) is 11.5 Å². The van der Waals surface area contributed by atoms with E-state index in [1.165, 1.54) is 31.1 Å². The Balaban J connectivity index is 2.29. The molecule has 4 nitrogen and oxygen atoms in total. The van der Waals surface area contributed by atoms with Gasteiger partial charge in [0.25, 0.3) is 0 Å². The van der Waals surface area contributed by atoms with Crippen molar-refractivity contribution >= 4 is 28.0 Å². The van der Waals surface area contributed by atoms with Crippen molar-refractivity contribution in [3.63, 3.8) is 0 Å². The molecular weight excluding hydrogens is 471 g/mol. The van der Waals surface area contributed by atoms with E-state index in [0.29, 0.717) is 29.9 Å². The summed E-state index contributed by atoms with van der Waals surface area (Å²) in [6.07, 6.45) is 6.27. The molecule has 1 atom stereocenters. The van der Waals surface area contributed by atoms with Crippen molar-refractivity contribution in [2.45, 2.75) is 44.1 Å². The molecule has 1 heterocycles. The first-order chi connectivity index (χ1) is 15.3. The molecule has 0 bridgehead atoms. The molecule has 0 radical (unpaired) electrons. The number of carbonyl (C=O) groups excluding carboxylic acids is 1. The van der Waals surface area contributed by atoms with Crippen molar-refractivity contribution < 1.29 is 26.9 Å². The molecule has 0 aliphatic rings. The van der Waals surface area contributed by atoms with Crippen molar-refractivity contribution in [1.82, 2.24) is 4.98 Å². The van der Waals surface area contributed by atoms with Crippen LogP contribution in [0.15, 0.2) is 24.4 Å². The Morgan fingerprint density at radius 2 is 1.82 bits per heavy atom. The zero-order valence-corrected chi connectivity index (χ0v) is 21.8. The molecule has 1 aromatic carbocycles. The van der Waals surface area contributed by atoms with Gasteiger partial charge in [-0.25, -0.2) is 22.9 Å². The fourth-order valence-electron chi connectivity index (χ4n) is 2.87. The number of ether oxygens (including phenoxy) is 1. The molecule has 0 saturated heterocycles. The van der Waals surface area contributed by atoms with Crippen LogP contribution in [0.25, 0.3) is 0 Å². The second-order valence-corrected chi connectivity index (χ2v) is 14.1. The van der Waals surface area contributed by atoms with Crippen LogP contribution < -0.4 is 0 Å². The number of aromatic nitrogens is 1. The van der Waals surface area contributed by atoms with Crippen LogP contribution in [0.1, 0.15) is 59.6 Å². The fourth-order valence-corrected chi connectivity index (χ4v) is 5.09. The van der Waals surface area contributed by atoms with Gasteiger partial charge in [0.05, 0.1) is 19.0 Å². The number of nitrogens with zero attached hydrogens (tertiary/aromatic N) is 1. The summed E-state index contributed by atoms with van der Waals surface area (Å²) in [7, 11) is -0.0325. The summed E-state index contributed by atoms with van der Waals surface area (Å²) in [5.41, 5.74) is 0.818. The number of pyridine rings is 1. The van der Waals surface area contributed by atoms with Gasteiger partial charge in [0.15, 0.2) is 11.6 Å². The highest BCUT2D eigenvalue weighted by molar-refractivity contribution is 8.29. The summed E-state index contributed by atoms with van der Waals surface area (Å²) in [6.45, 7) is 8.62. The van der Waals surface area contributed by atoms with Crippen LogP contribution in [0.4, 0.5) is 13.2 Å². The number of carbonyl (C=O) groups is 1. The first-order valence-electron chi connectivity index (χ1n) is 10.5. The number of benzene rings is 1. The summed E-state index contributed by atoms with van der Waals surface area (Å²) in [5.74, 6) is -3.26. The zero-order chi connectivity index (χ0) is 25.0. The van der Waals surface area contributed by atoms with Crippen molar-refractivity contribution in [2.24, 2.45) is 0 Å². The van der Waals surface area contributed by atoms with Crippen LogP contribution in [0.3, 0.4) is 0 Å². The number of halogens is 3. The maximum absolute atomic E-state index is 14.7. The second-order valence-electron chi connectivity index (χ2n) is 8.95. The number of hydrogen-bond acceptors (Lipinski definition) is 5. The van der Waals surface area contributed by atoms with Crippen LogP contribution in [0.2, 0.25) is 0 Å². The Hall–Kier alpha value is -1.71. The highest BCUT2D eigenvalue weighted by atomic mass is 32.3. The van der Waals surface area contributed by atoms with E-state index in [-0.39, 0.29) is 16.0 Å². The van der Waals surface area contributed by atoms with Crippen LogP contribution in [-0.2, 0) is 8.92 Å². The third-order valence-corrected chi connectivity index (χ3v) is 10.6. The Morgan fingerprint density at radius 3 is 2.39 bits per heavy atom. The molecule has 0 N–H and O–H groups in total.